The molecule has 0 aliphatic rings. The van der Waals surface area contributed by atoms with Crippen molar-refractivity contribution in [3.05, 3.63) is 181 Å². The number of halogens is 5. The van der Waals surface area contributed by atoms with Gasteiger partial charge in [0.1, 0.15) is 5.69 Å². The number of aromatic nitrogens is 1. The highest BCUT2D eigenvalue weighted by Gasteiger charge is 2.30. The Morgan fingerprint density at radius 2 is 0.925 bits per heavy atom. The largest absolute Gasteiger partial charge is 0.311 e. The van der Waals surface area contributed by atoms with E-state index in [0.29, 0.717) is 27.2 Å². The SMILES string of the molecule is Fc1c(F)c(F)c(-n2c3ccccc3c3cc4ccc5ccc(-c6ccc(N(c7ccccc7)c7ccccc7)cc6)c6ccc(c4c56)c32)c(F)c1F. The van der Waals surface area contributed by atoms with Crippen LogP contribution in [-0.4, -0.2) is 4.57 Å². The molecule has 0 atom stereocenters. The lowest BCUT2D eigenvalue weighted by Crippen LogP contribution is -2.09. The van der Waals surface area contributed by atoms with E-state index in [1.54, 1.807) is 24.3 Å². The molecule has 254 valence electrons. The summed E-state index contributed by atoms with van der Waals surface area (Å²) in [7, 11) is 0. The Labute approximate surface area is 299 Å². The lowest BCUT2D eigenvalue weighted by molar-refractivity contribution is 0.376. The van der Waals surface area contributed by atoms with Gasteiger partial charge in [-0.2, -0.15) is 0 Å². The van der Waals surface area contributed by atoms with Crippen LogP contribution in [0.1, 0.15) is 0 Å². The first-order valence-corrected chi connectivity index (χ1v) is 17.1. The Hall–Kier alpha value is -6.73. The second kappa shape index (κ2) is 11.6. The summed E-state index contributed by atoms with van der Waals surface area (Å²) in [5, 5.41) is 6.46. The van der Waals surface area contributed by atoms with Crippen LogP contribution in [0.4, 0.5) is 39.0 Å². The molecule has 10 aromatic rings. The maximum absolute atomic E-state index is 15.6. The molecule has 0 saturated heterocycles. The van der Waals surface area contributed by atoms with Gasteiger partial charge in [-0.25, -0.2) is 22.0 Å². The average molecular weight is 701 g/mol. The van der Waals surface area contributed by atoms with Crippen molar-refractivity contribution >= 4 is 71.2 Å². The van der Waals surface area contributed by atoms with E-state index in [4.69, 9.17) is 0 Å². The number of benzene rings is 9. The quantitative estimate of drug-likeness (QED) is 0.0751. The van der Waals surface area contributed by atoms with Crippen LogP contribution in [0.25, 0.3) is 70.9 Å². The second-order valence-electron chi connectivity index (χ2n) is 13.1. The van der Waals surface area contributed by atoms with Gasteiger partial charge in [0, 0.05) is 33.2 Å². The van der Waals surface area contributed by atoms with Crippen molar-refractivity contribution in [2.45, 2.75) is 0 Å². The van der Waals surface area contributed by atoms with Gasteiger partial charge in [0.15, 0.2) is 23.3 Å². The van der Waals surface area contributed by atoms with Crippen LogP contribution in [0.2, 0.25) is 0 Å². The van der Waals surface area contributed by atoms with E-state index < -0.39 is 34.8 Å². The molecule has 1 aromatic heterocycles. The van der Waals surface area contributed by atoms with E-state index in [2.05, 4.69) is 65.6 Å². The maximum atomic E-state index is 15.6. The Balaban J connectivity index is 1.21. The summed E-state index contributed by atoms with van der Waals surface area (Å²) in [6.07, 6.45) is 0. The van der Waals surface area contributed by atoms with Gasteiger partial charge in [-0.05, 0) is 86.6 Å². The molecule has 0 aliphatic carbocycles. The minimum Gasteiger partial charge on any atom is -0.311 e. The molecule has 10 rings (SSSR count). The fourth-order valence-corrected chi connectivity index (χ4v) is 7.99. The first kappa shape index (κ1) is 31.0. The average Bonchev–Trinajstić information content (AvgIpc) is 3.53. The monoisotopic (exact) mass is 700 g/mol. The van der Waals surface area contributed by atoms with Crippen molar-refractivity contribution in [1.82, 2.24) is 4.57 Å². The third-order valence-electron chi connectivity index (χ3n) is 10.3. The Bertz CT molecular complexity index is 2980. The van der Waals surface area contributed by atoms with Crippen molar-refractivity contribution in [1.29, 1.82) is 0 Å². The molecule has 0 amide bonds. The molecule has 0 aliphatic heterocycles. The van der Waals surface area contributed by atoms with E-state index >= 15 is 8.78 Å². The zero-order valence-corrected chi connectivity index (χ0v) is 27.7. The van der Waals surface area contributed by atoms with Crippen LogP contribution in [0.3, 0.4) is 0 Å². The molecular weight excluding hydrogens is 676 g/mol. The van der Waals surface area contributed by atoms with Crippen LogP contribution in [0, 0.1) is 29.1 Å². The van der Waals surface area contributed by atoms with Gasteiger partial charge in [0.2, 0.25) is 5.82 Å². The third-order valence-corrected chi connectivity index (χ3v) is 10.3. The first-order valence-electron chi connectivity index (χ1n) is 17.1. The predicted molar refractivity (Wildman–Crippen MR) is 204 cm³/mol. The molecule has 0 unspecified atom stereocenters. The van der Waals surface area contributed by atoms with Crippen molar-refractivity contribution in [3.8, 4) is 16.8 Å². The normalized spacial score (nSPS) is 11.9. The van der Waals surface area contributed by atoms with Gasteiger partial charge in [-0.1, -0.05) is 103 Å². The van der Waals surface area contributed by atoms with Crippen molar-refractivity contribution < 1.29 is 22.0 Å². The van der Waals surface area contributed by atoms with Gasteiger partial charge in [0.05, 0.1) is 11.0 Å². The molecule has 0 spiro atoms. The molecule has 53 heavy (non-hydrogen) atoms. The number of anilines is 3. The van der Waals surface area contributed by atoms with Gasteiger partial charge in [-0.3, -0.25) is 0 Å². The Kier molecular flexibility index (Phi) is 6.82. The van der Waals surface area contributed by atoms with Gasteiger partial charge >= 0.3 is 0 Å². The van der Waals surface area contributed by atoms with E-state index in [1.165, 1.54) is 4.57 Å². The van der Waals surface area contributed by atoms with E-state index in [-0.39, 0.29) is 0 Å². The molecule has 0 N–H and O–H groups in total. The lowest BCUT2D eigenvalue weighted by atomic mass is 9.89. The fraction of sp³-hybridized carbons (Fsp3) is 0. The number of hydrogen-bond acceptors (Lipinski definition) is 1. The highest BCUT2D eigenvalue weighted by molar-refractivity contribution is 6.32. The number of fused-ring (bicyclic) bond motifs is 4. The van der Waals surface area contributed by atoms with E-state index in [9.17, 15) is 13.2 Å². The summed E-state index contributed by atoms with van der Waals surface area (Å²) in [5.41, 5.74) is 4.70. The standard InChI is InChI=1S/C46H25F5N2/c47-40-41(48)43(50)46(44(51)42(40)49)53-37-14-8-7-13-33(37)36-25-28-16-15-27-19-22-32(34-23-24-35(45(36)53)39(28)38(27)34)26-17-20-31(21-18-26)52(29-9-3-1-4-10-29)30-11-5-2-6-12-30/h1-25H. The topological polar surface area (TPSA) is 8.17 Å². The number of rotatable bonds is 5. The molecular formula is C46H25F5N2. The number of para-hydroxylation sites is 3. The Morgan fingerprint density at radius 3 is 1.60 bits per heavy atom. The number of hydrogen-bond donors (Lipinski definition) is 0. The van der Waals surface area contributed by atoms with Gasteiger partial charge < -0.3 is 9.47 Å². The van der Waals surface area contributed by atoms with Crippen molar-refractivity contribution in [2.75, 3.05) is 4.90 Å². The zero-order chi connectivity index (χ0) is 36.0. The summed E-state index contributed by atoms with van der Waals surface area (Å²) >= 11 is 0. The summed E-state index contributed by atoms with van der Waals surface area (Å²) in [6, 6.07) is 49.6. The van der Waals surface area contributed by atoms with Crippen LogP contribution >= 0.6 is 0 Å². The molecule has 7 heteroatoms. The summed E-state index contributed by atoms with van der Waals surface area (Å²) in [4.78, 5) is 2.20. The maximum Gasteiger partial charge on any atom is 0.200 e. The minimum absolute atomic E-state index is 0.321. The van der Waals surface area contributed by atoms with E-state index in [1.807, 2.05) is 66.7 Å². The smallest absolute Gasteiger partial charge is 0.200 e. The minimum atomic E-state index is -2.19. The Morgan fingerprint density at radius 1 is 0.396 bits per heavy atom. The van der Waals surface area contributed by atoms with Crippen LogP contribution in [-0.2, 0) is 0 Å². The summed E-state index contributed by atoms with van der Waals surface area (Å²) in [5.74, 6) is -9.96. The van der Waals surface area contributed by atoms with Crippen molar-refractivity contribution in [2.24, 2.45) is 0 Å². The summed E-state index contributed by atoms with van der Waals surface area (Å²) in [6.45, 7) is 0. The fourth-order valence-electron chi connectivity index (χ4n) is 7.99. The predicted octanol–water partition coefficient (Wildman–Crippen LogP) is 13.5. The first-order chi connectivity index (χ1) is 25.9. The van der Waals surface area contributed by atoms with Gasteiger partial charge in [0.25, 0.3) is 0 Å². The molecule has 0 radical (unpaired) electrons. The highest BCUT2D eigenvalue weighted by Crippen LogP contribution is 2.46. The van der Waals surface area contributed by atoms with E-state index in [0.717, 1.165) is 55.1 Å². The van der Waals surface area contributed by atoms with Crippen LogP contribution in [0.15, 0.2) is 152 Å². The second-order valence-corrected chi connectivity index (χ2v) is 13.1. The molecule has 1 heterocycles. The molecule has 2 nitrogen and oxygen atoms in total. The van der Waals surface area contributed by atoms with Gasteiger partial charge in [-0.15, -0.1) is 0 Å². The van der Waals surface area contributed by atoms with Crippen LogP contribution in [0.5, 0.6) is 0 Å². The highest BCUT2D eigenvalue weighted by atomic mass is 19.2. The molecule has 0 fully saturated rings. The lowest BCUT2D eigenvalue weighted by Gasteiger charge is -2.25. The molecule has 9 aromatic carbocycles. The zero-order valence-electron chi connectivity index (χ0n) is 27.7. The number of nitrogens with zero attached hydrogens (tertiary/aromatic N) is 2. The third kappa shape index (κ3) is 4.50. The van der Waals surface area contributed by atoms with Crippen LogP contribution < -0.4 is 4.90 Å². The summed E-state index contributed by atoms with van der Waals surface area (Å²) < 4.78 is 76.0. The molecule has 0 saturated carbocycles. The molecule has 0 bridgehead atoms. The van der Waals surface area contributed by atoms with Crippen molar-refractivity contribution in [3.63, 3.8) is 0 Å².